The van der Waals surface area contributed by atoms with Crippen LogP contribution in [-0.4, -0.2) is 58.0 Å². The van der Waals surface area contributed by atoms with Crippen molar-refractivity contribution in [3.8, 4) is 5.69 Å². The second kappa shape index (κ2) is 10.5. The van der Waals surface area contributed by atoms with Gasteiger partial charge in [0, 0.05) is 37.3 Å². The number of halogens is 4. The minimum atomic E-state index is -3.13. The summed E-state index contributed by atoms with van der Waals surface area (Å²) in [6.45, 7) is -0.229. The number of fused-ring (bicyclic) bond motifs is 1. The summed E-state index contributed by atoms with van der Waals surface area (Å²) >= 11 is 0. The zero-order chi connectivity index (χ0) is 28.7. The third kappa shape index (κ3) is 4.94. The van der Waals surface area contributed by atoms with Crippen molar-refractivity contribution in [1.29, 1.82) is 0 Å². The highest BCUT2D eigenvalue weighted by Gasteiger charge is 2.34. The smallest absolute Gasteiger partial charge is 0.414 e. The van der Waals surface area contributed by atoms with Crippen LogP contribution < -0.4 is 26.9 Å². The number of aromatic nitrogens is 3. The maximum Gasteiger partial charge on any atom is 0.414 e. The molecule has 2 aliphatic heterocycles. The lowest BCUT2D eigenvalue weighted by Gasteiger charge is -2.24. The Balaban J connectivity index is 1.33. The summed E-state index contributed by atoms with van der Waals surface area (Å²) in [7, 11) is 0. The highest BCUT2D eigenvalue weighted by molar-refractivity contribution is 5.90. The SMILES string of the molecule is Nc1ccc(-n2c(=O)n3n(c2=O)CCN(c2c(F)cc(N4C[C@H](CCC(=O)C(F)F)OC4=O)cc2F)CC3)cc1. The van der Waals surface area contributed by atoms with E-state index in [0.29, 0.717) is 11.4 Å². The molecule has 0 spiro atoms. The third-order valence-electron chi connectivity index (χ3n) is 6.89. The molecule has 0 saturated carbocycles. The Bertz CT molecular complexity index is 1520. The highest BCUT2D eigenvalue weighted by Crippen LogP contribution is 2.32. The number of hydrogen-bond donors (Lipinski definition) is 1. The van der Waals surface area contributed by atoms with Crippen LogP contribution in [0.15, 0.2) is 46.0 Å². The van der Waals surface area contributed by atoms with Crippen molar-refractivity contribution in [2.24, 2.45) is 0 Å². The van der Waals surface area contributed by atoms with Crippen molar-refractivity contribution in [2.45, 2.75) is 38.5 Å². The van der Waals surface area contributed by atoms with Crippen LogP contribution >= 0.6 is 0 Å². The van der Waals surface area contributed by atoms with Gasteiger partial charge in [0.1, 0.15) is 11.8 Å². The van der Waals surface area contributed by atoms with Gasteiger partial charge in [0.05, 0.1) is 31.0 Å². The molecule has 15 heteroatoms. The molecule has 2 N–H and O–H groups in total. The van der Waals surface area contributed by atoms with Gasteiger partial charge in [-0.1, -0.05) is 0 Å². The molecule has 2 aromatic carbocycles. The Morgan fingerprint density at radius 3 is 2.05 bits per heavy atom. The Hall–Kier alpha value is -4.56. The summed E-state index contributed by atoms with van der Waals surface area (Å²) in [5, 5.41) is 0. The predicted octanol–water partition coefficient (Wildman–Crippen LogP) is 2.12. The van der Waals surface area contributed by atoms with Crippen LogP contribution in [0.3, 0.4) is 0 Å². The molecule has 5 rings (SSSR count). The van der Waals surface area contributed by atoms with Crippen molar-refractivity contribution in [3.05, 3.63) is 69.0 Å². The molecule has 1 fully saturated rings. The van der Waals surface area contributed by atoms with E-state index >= 15 is 8.78 Å². The average Bonchev–Trinajstić information content (AvgIpc) is 3.28. The Morgan fingerprint density at radius 1 is 0.925 bits per heavy atom. The number of nitrogens with zero attached hydrogens (tertiary/aromatic N) is 5. The van der Waals surface area contributed by atoms with Gasteiger partial charge >= 0.3 is 17.5 Å². The summed E-state index contributed by atoms with van der Waals surface area (Å²) in [6.07, 6.45) is -5.60. The van der Waals surface area contributed by atoms with Crippen LogP contribution in [0.4, 0.5) is 39.4 Å². The first-order valence-electron chi connectivity index (χ1n) is 12.4. The summed E-state index contributed by atoms with van der Waals surface area (Å²) in [6, 6.07) is 8.08. The van der Waals surface area contributed by atoms with Crippen LogP contribution in [0.1, 0.15) is 12.8 Å². The molecule has 0 bridgehead atoms. The lowest BCUT2D eigenvalue weighted by molar-refractivity contribution is -0.129. The molecule has 3 aromatic rings. The fraction of sp³-hybridized carbons (Fsp3) is 0.360. The normalized spacial score (nSPS) is 17.2. The molecule has 1 amide bonds. The van der Waals surface area contributed by atoms with E-state index < -0.39 is 59.5 Å². The fourth-order valence-corrected chi connectivity index (χ4v) is 4.87. The molecule has 2 aliphatic rings. The summed E-state index contributed by atoms with van der Waals surface area (Å²) in [5.41, 5.74) is 4.73. The molecule has 0 aliphatic carbocycles. The van der Waals surface area contributed by atoms with Crippen molar-refractivity contribution >= 4 is 28.9 Å². The Kier molecular flexibility index (Phi) is 7.12. The number of rotatable bonds is 7. The lowest BCUT2D eigenvalue weighted by Crippen LogP contribution is -2.33. The molecular formula is C25H24F4N6O5. The molecule has 1 saturated heterocycles. The predicted molar refractivity (Wildman–Crippen MR) is 135 cm³/mol. The summed E-state index contributed by atoms with van der Waals surface area (Å²) < 4.78 is 63.8. The number of cyclic esters (lactones) is 1. The molecule has 11 nitrogen and oxygen atoms in total. The first-order valence-corrected chi connectivity index (χ1v) is 12.4. The number of benzene rings is 2. The van der Waals surface area contributed by atoms with Crippen molar-refractivity contribution < 1.29 is 31.9 Å². The number of Topliss-reactive ketones (excluding diaryl/α,β-unsaturated/α-hetero) is 1. The average molecular weight is 564 g/mol. The van der Waals surface area contributed by atoms with Crippen molar-refractivity contribution in [2.75, 3.05) is 35.2 Å². The monoisotopic (exact) mass is 564 g/mol. The third-order valence-corrected chi connectivity index (χ3v) is 6.89. The van der Waals surface area contributed by atoms with Gasteiger partial charge in [0.15, 0.2) is 17.4 Å². The minimum Gasteiger partial charge on any atom is -0.444 e. The molecule has 3 heterocycles. The summed E-state index contributed by atoms with van der Waals surface area (Å²) in [5.74, 6) is -3.26. The number of amides is 1. The van der Waals surface area contributed by atoms with E-state index in [9.17, 15) is 28.0 Å². The Morgan fingerprint density at radius 2 is 1.50 bits per heavy atom. The molecule has 1 atom stereocenters. The number of ketones is 1. The second-order valence-electron chi connectivity index (χ2n) is 9.41. The molecule has 212 valence electrons. The van der Waals surface area contributed by atoms with Gasteiger partial charge in [0.25, 0.3) is 6.43 Å². The zero-order valence-corrected chi connectivity index (χ0v) is 20.9. The van der Waals surface area contributed by atoms with E-state index in [1.807, 2.05) is 0 Å². The van der Waals surface area contributed by atoms with Crippen molar-refractivity contribution in [1.82, 2.24) is 13.9 Å². The fourth-order valence-electron chi connectivity index (χ4n) is 4.87. The van der Waals surface area contributed by atoms with E-state index in [4.69, 9.17) is 10.5 Å². The first kappa shape index (κ1) is 27.0. The van der Waals surface area contributed by atoms with E-state index in [-0.39, 0.29) is 44.8 Å². The number of alkyl halides is 2. The van der Waals surface area contributed by atoms with Crippen molar-refractivity contribution in [3.63, 3.8) is 0 Å². The second-order valence-corrected chi connectivity index (χ2v) is 9.41. The van der Waals surface area contributed by atoms with Crippen LogP contribution in [0.5, 0.6) is 0 Å². The number of nitrogen functional groups attached to an aromatic ring is 1. The van der Waals surface area contributed by atoms with Crippen LogP contribution in [0, 0.1) is 11.6 Å². The maximum atomic E-state index is 15.2. The Labute approximate surface area is 223 Å². The van der Waals surface area contributed by atoms with E-state index in [1.165, 1.54) is 14.3 Å². The summed E-state index contributed by atoms with van der Waals surface area (Å²) in [4.78, 5) is 51.8. The van der Waals surface area contributed by atoms with Crippen LogP contribution in [-0.2, 0) is 22.6 Å². The van der Waals surface area contributed by atoms with Gasteiger partial charge in [-0.25, -0.2) is 45.9 Å². The van der Waals surface area contributed by atoms with Gasteiger partial charge in [-0.05, 0) is 30.7 Å². The number of carbonyl (C=O) groups is 2. The maximum absolute atomic E-state index is 15.2. The number of ether oxygens (including phenoxy) is 1. The molecular weight excluding hydrogens is 540 g/mol. The standard InChI is InChI=1S/C25H24F4N6O5/c26-18-11-16(32-13-17(40-25(32)39)5-6-20(36)22(28)29)12-19(27)21(18)31-7-9-33-23(37)35(24(38)34(33)10-8-31)15-3-1-14(30)2-4-15/h1-4,11-12,17,22H,5-10,13,30H2/t17-/m0/s1. The molecule has 0 unspecified atom stereocenters. The van der Waals surface area contributed by atoms with E-state index in [1.54, 1.807) is 24.3 Å². The highest BCUT2D eigenvalue weighted by atomic mass is 19.3. The van der Waals surface area contributed by atoms with Gasteiger partial charge in [-0.2, -0.15) is 0 Å². The zero-order valence-electron chi connectivity index (χ0n) is 20.9. The van der Waals surface area contributed by atoms with Crippen LogP contribution in [0.2, 0.25) is 0 Å². The van der Waals surface area contributed by atoms with Gasteiger partial charge in [-0.15, -0.1) is 0 Å². The minimum absolute atomic E-state index is 0.00425. The van der Waals surface area contributed by atoms with Gasteiger partial charge in [-0.3, -0.25) is 9.69 Å². The molecule has 1 aromatic heterocycles. The molecule has 40 heavy (non-hydrogen) atoms. The van der Waals surface area contributed by atoms with Gasteiger partial charge < -0.3 is 15.4 Å². The largest absolute Gasteiger partial charge is 0.444 e. The number of nitrogens with two attached hydrogens (primary N) is 1. The quantitative estimate of drug-likeness (QED) is 0.344. The van der Waals surface area contributed by atoms with E-state index in [2.05, 4.69) is 0 Å². The molecule has 0 radical (unpaired) electrons. The first-order chi connectivity index (χ1) is 19.0. The lowest BCUT2D eigenvalue weighted by atomic mass is 10.1. The van der Waals surface area contributed by atoms with E-state index in [0.717, 1.165) is 21.6 Å². The van der Waals surface area contributed by atoms with Gasteiger partial charge in [0.2, 0.25) is 0 Å². The number of carbonyl (C=O) groups excluding carboxylic acids is 2. The topological polar surface area (TPSA) is 125 Å². The van der Waals surface area contributed by atoms with Crippen LogP contribution in [0.25, 0.3) is 5.69 Å². The number of hydrogen-bond acceptors (Lipinski definition) is 7. The number of anilines is 3.